The highest BCUT2D eigenvalue weighted by atomic mass is 32.2. The third kappa shape index (κ3) is 2.98. The van der Waals surface area contributed by atoms with Gasteiger partial charge in [-0.3, -0.25) is 4.90 Å². The first-order chi connectivity index (χ1) is 10.1. The summed E-state index contributed by atoms with van der Waals surface area (Å²) in [6.07, 6.45) is 7.69. The van der Waals surface area contributed by atoms with E-state index in [9.17, 15) is 8.42 Å². The summed E-state index contributed by atoms with van der Waals surface area (Å²) in [4.78, 5) is 2.65. The molecule has 1 aromatic rings. The van der Waals surface area contributed by atoms with E-state index < -0.39 is 10.0 Å². The monoisotopic (exact) mass is 304 g/mol. The summed E-state index contributed by atoms with van der Waals surface area (Å²) in [6.45, 7) is 2.39. The molecule has 3 aliphatic heterocycles. The van der Waals surface area contributed by atoms with Crippen LogP contribution in [-0.4, -0.2) is 39.0 Å². The van der Waals surface area contributed by atoms with Crippen molar-refractivity contribution in [3.63, 3.8) is 0 Å². The van der Waals surface area contributed by atoms with Gasteiger partial charge < -0.3 is 0 Å². The van der Waals surface area contributed by atoms with Crippen molar-refractivity contribution in [2.45, 2.75) is 23.8 Å². The number of benzene rings is 1. The molecule has 4 unspecified atom stereocenters. The number of nitrogens with one attached hydrogen (secondary N) is 1. The van der Waals surface area contributed by atoms with Crippen LogP contribution in [0.2, 0.25) is 0 Å². The molecular weight excluding hydrogens is 284 g/mol. The van der Waals surface area contributed by atoms with E-state index in [-0.39, 0.29) is 6.04 Å². The van der Waals surface area contributed by atoms with Crippen LogP contribution in [0, 0.1) is 24.2 Å². The fraction of sp³-hybridized carbons (Fsp3) is 0.500. The minimum absolute atomic E-state index is 0.270. The van der Waals surface area contributed by atoms with Crippen LogP contribution >= 0.6 is 0 Å². The molecule has 3 aliphatic rings. The van der Waals surface area contributed by atoms with Crippen molar-refractivity contribution in [2.75, 3.05) is 19.6 Å². The van der Waals surface area contributed by atoms with Gasteiger partial charge in [0.05, 0.1) is 4.90 Å². The zero-order valence-electron chi connectivity index (χ0n) is 11.9. The van der Waals surface area contributed by atoms with Gasteiger partial charge in [-0.1, -0.05) is 18.2 Å². The number of fused-ring (bicyclic) bond motifs is 3. The maximum Gasteiger partial charge on any atom is 0.240 e. The van der Waals surface area contributed by atoms with Crippen molar-refractivity contribution in [3.8, 4) is 12.3 Å². The van der Waals surface area contributed by atoms with Crippen LogP contribution in [0.3, 0.4) is 0 Å². The molecule has 2 bridgehead atoms. The molecule has 0 aliphatic carbocycles. The van der Waals surface area contributed by atoms with Crippen LogP contribution < -0.4 is 4.72 Å². The maximum atomic E-state index is 12.2. The maximum absolute atomic E-state index is 12.2. The Morgan fingerprint density at radius 2 is 2.10 bits per heavy atom. The van der Waals surface area contributed by atoms with Crippen molar-refractivity contribution in [2.24, 2.45) is 11.8 Å². The molecule has 0 saturated carbocycles. The molecule has 3 heterocycles. The highest BCUT2D eigenvalue weighted by Crippen LogP contribution is 2.35. The number of hydrogen-bond donors (Lipinski definition) is 1. The number of terminal acetylenes is 1. The lowest BCUT2D eigenvalue weighted by Gasteiger charge is -2.48. The Morgan fingerprint density at radius 1 is 1.33 bits per heavy atom. The average Bonchev–Trinajstić information content (AvgIpc) is 2.54. The van der Waals surface area contributed by atoms with Crippen LogP contribution in [0.25, 0.3) is 0 Å². The Labute approximate surface area is 126 Å². The van der Waals surface area contributed by atoms with E-state index in [2.05, 4.69) is 15.5 Å². The van der Waals surface area contributed by atoms with Gasteiger partial charge in [0, 0.05) is 25.0 Å². The molecule has 0 amide bonds. The van der Waals surface area contributed by atoms with Gasteiger partial charge in [-0.05, 0) is 37.4 Å². The smallest absolute Gasteiger partial charge is 0.240 e. The van der Waals surface area contributed by atoms with Crippen molar-refractivity contribution < 1.29 is 8.42 Å². The largest absolute Gasteiger partial charge is 0.298 e. The second-order valence-corrected chi connectivity index (χ2v) is 7.64. The lowest BCUT2D eigenvalue weighted by atomic mass is 9.76. The van der Waals surface area contributed by atoms with Crippen LogP contribution in [0.15, 0.2) is 35.2 Å². The normalized spacial score (nSPS) is 31.8. The van der Waals surface area contributed by atoms with Crippen LogP contribution in [-0.2, 0) is 10.0 Å². The van der Waals surface area contributed by atoms with Gasteiger partial charge in [-0.2, -0.15) is 0 Å². The van der Waals surface area contributed by atoms with Crippen molar-refractivity contribution in [1.29, 1.82) is 0 Å². The highest BCUT2D eigenvalue weighted by Gasteiger charge is 2.39. The van der Waals surface area contributed by atoms with Crippen LogP contribution in [0.5, 0.6) is 0 Å². The zero-order valence-corrected chi connectivity index (χ0v) is 12.7. The molecule has 0 radical (unpaired) electrons. The molecule has 112 valence electrons. The molecule has 21 heavy (non-hydrogen) atoms. The average molecular weight is 304 g/mol. The van der Waals surface area contributed by atoms with E-state index in [1.165, 1.54) is 0 Å². The molecule has 0 aromatic heterocycles. The molecular formula is C16H20N2O2S. The predicted octanol–water partition coefficient (Wildman–Crippen LogP) is 1.31. The van der Waals surface area contributed by atoms with Gasteiger partial charge in [0.25, 0.3) is 0 Å². The summed E-state index contributed by atoms with van der Waals surface area (Å²) < 4.78 is 27.2. The summed E-state index contributed by atoms with van der Waals surface area (Å²) >= 11 is 0. The topological polar surface area (TPSA) is 49.4 Å². The van der Waals surface area contributed by atoms with Gasteiger partial charge in [0.15, 0.2) is 0 Å². The first-order valence-corrected chi connectivity index (χ1v) is 8.83. The fourth-order valence-corrected chi connectivity index (χ4v) is 4.52. The third-order valence-corrected chi connectivity index (χ3v) is 6.09. The quantitative estimate of drug-likeness (QED) is 0.853. The minimum Gasteiger partial charge on any atom is -0.298 e. The molecule has 5 heteroatoms. The standard InChI is InChI=1S/C16H20N2O2S/c1-2-13-12-18-9-8-14(13)10-15(18)11-17-21(19,20)16-6-4-3-5-7-16/h1,3-7,13-15,17H,8-12H2. The molecule has 3 saturated heterocycles. The highest BCUT2D eigenvalue weighted by molar-refractivity contribution is 7.89. The van der Waals surface area contributed by atoms with Crippen molar-refractivity contribution in [1.82, 2.24) is 9.62 Å². The van der Waals surface area contributed by atoms with Gasteiger partial charge in [0.2, 0.25) is 10.0 Å². The Bertz CT molecular complexity index is 636. The summed E-state index contributed by atoms with van der Waals surface area (Å²) in [6, 6.07) is 8.78. The number of rotatable bonds is 4. The molecule has 4 atom stereocenters. The summed E-state index contributed by atoms with van der Waals surface area (Å²) in [5.74, 6) is 3.76. The predicted molar refractivity (Wildman–Crippen MR) is 82.0 cm³/mol. The molecule has 1 N–H and O–H groups in total. The van der Waals surface area contributed by atoms with Gasteiger partial charge in [-0.25, -0.2) is 13.1 Å². The first-order valence-electron chi connectivity index (χ1n) is 7.35. The van der Waals surface area contributed by atoms with Gasteiger partial charge in [-0.15, -0.1) is 12.3 Å². The minimum atomic E-state index is -3.41. The number of sulfonamides is 1. The Morgan fingerprint density at radius 3 is 2.71 bits per heavy atom. The number of nitrogens with zero attached hydrogens (tertiary/aromatic N) is 1. The van der Waals surface area contributed by atoms with Crippen LogP contribution in [0.4, 0.5) is 0 Å². The van der Waals surface area contributed by atoms with Crippen LogP contribution in [0.1, 0.15) is 12.8 Å². The van der Waals surface area contributed by atoms with Crippen molar-refractivity contribution in [3.05, 3.63) is 30.3 Å². The first kappa shape index (κ1) is 14.6. The van der Waals surface area contributed by atoms with E-state index >= 15 is 0 Å². The second-order valence-electron chi connectivity index (χ2n) is 5.87. The molecule has 4 nitrogen and oxygen atoms in total. The van der Waals surface area contributed by atoms with Gasteiger partial charge >= 0.3 is 0 Å². The Hall–Kier alpha value is -1.35. The molecule has 0 spiro atoms. The van der Waals surface area contributed by atoms with E-state index in [4.69, 9.17) is 6.42 Å². The fourth-order valence-electron chi connectivity index (χ4n) is 3.43. The van der Waals surface area contributed by atoms with E-state index in [0.29, 0.717) is 23.3 Å². The second kappa shape index (κ2) is 5.80. The molecule has 1 aromatic carbocycles. The summed E-state index contributed by atoms with van der Waals surface area (Å²) in [7, 11) is -3.41. The number of hydrogen-bond acceptors (Lipinski definition) is 3. The van der Waals surface area contributed by atoms with E-state index in [1.54, 1.807) is 24.3 Å². The third-order valence-electron chi connectivity index (χ3n) is 4.66. The Kier molecular flexibility index (Phi) is 4.03. The summed E-state index contributed by atoms with van der Waals surface area (Å²) in [5.41, 5.74) is 0. The SMILES string of the molecule is C#CC1CN2CCC1CC2CNS(=O)(=O)c1ccccc1. The lowest BCUT2D eigenvalue weighted by molar-refractivity contribution is 0.0251. The summed E-state index contributed by atoms with van der Waals surface area (Å²) in [5, 5.41) is 0. The molecule has 3 fully saturated rings. The van der Waals surface area contributed by atoms with E-state index in [1.807, 2.05) is 6.07 Å². The van der Waals surface area contributed by atoms with Crippen molar-refractivity contribution >= 4 is 10.0 Å². The lowest BCUT2D eigenvalue weighted by Crippen LogP contribution is -2.56. The number of piperidine rings is 3. The molecule has 4 rings (SSSR count). The Balaban J connectivity index is 1.63. The van der Waals surface area contributed by atoms with Gasteiger partial charge in [0.1, 0.15) is 0 Å². The van der Waals surface area contributed by atoms with E-state index in [0.717, 1.165) is 25.9 Å². The zero-order chi connectivity index (χ0) is 14.9.